The van der Waals surface area contributed by atoms with E-state index in [9.17, 15) is 5.11 Å². The van der Waals surface area contributed by atoms with Gasteiger partial charge in [0.2, 0.25) is 0 Å². The average Bonchev–Trinajstić information content (AvgIpc) is 2.85. The lowest BCUT2D eigenvalue weighted by Crippen LogP contribution is -2.28. The Bertz CT molecular complexity index is 324. The molecule has 84 valence electrons. The number of anilines is 1. The zero-order chi connectivity index (χ0) is 10.8. The normalized spacial score (nSPS) is 23.4. The van der Waals surface area contributed by atoms with Crippen LogP contribution < -0.4 is 4.90 Å². The van der Waals surface area contributed by atoms with Crippen LogP contribution >= 0.6 is 11.3 Å². The predicted molar refractivity (Wildman–Crippen MR) is 63.4 cm³/mol. The van der Waals surface area contributed by atoms with E-state index in [1.54, 1.807) is 24.5 Å². The van der Waals surface area contributed by atoms with Gasteiger partial charge in [-0.2, -0.15) is 0 Å². The molecule has 2 atom stereocenters. The lowest BCUT2D eigenvalue weighted by molar-refractivity contribution is 0.203. The summed E-state index contributed by atoms with van der Waals surface area (Å²) in [4.78, 5) is 7.75. The van der Waals surface area contributed by atoms with Gasteiger partial charge >= 0.3 is 0 Å². The highest BCUT2D eigenvalue weighted by molar-refractivity contribution is 7.15. The minimum atomic E-state index is -0.390. The zero-order valence-electron chi connectivity index (χ0n) is 9.31. The second kappa shape index (κ2) is 4.49. The lowest BCUT2D eigenvalue weighted by Gasteiger charge is -2.22. The number of aliphatic hydroxyl groups is 1. The lowest BCUT2D eigenvalue weighted by atomic mass is 10.2. The number of aliphatic hydroxyl groups excluding tert-OH is 1. The maximum Gasteiger partial charge on any atom is 0.185 e. The molecule has 0 aromatic carbocycles. The first-order valence-electron chi connectivity index (χ1n) is 5.62. The summed E-state index contributed by atoms with van der Waals surface area (Å²) in [6.07, 6.45) is 5.14. The van der Waals surface area contributed by atoms with Gasteiger partial charge in [-0.3, -0.25) is 0 Å². The maximum atomic E-state index is 9.45. The van der Waals surface area contributed by atoms with Crippen molar-refractivity contribution in [3.63, 3.8) is 0 Å². The van der Waals surface area contributed by atoms with Crippen LogP contribution in [-0.2, 0) is 0 Å². The third-order valence-corrected chi connectivity index (χ3v) is 4.22. The first kappa shape index (κ1) is 10.9. The fraction of sp³-hybridized carbons (Fsp3) is 0.727. The summed E-state index contributed by atoms with van der Waals surface area (Å²) >= 11 is 1.62. The Morgan fingerprint density at radius 3 is 3.13 bits per heavy atom. The Labute approximate surface area is 94.8 Å². The van der Waals surface area contributed by atoms with E-state index in [0.717, 1.165) is 16.6 Å². The van der Waals surface area contributed by atoms with Crippen molar-refractivity contribution in [3.05, 3.63) is 11.1 Å². The molecule has 0 bridgehead atoms. The number of thiazole rings is 1. The van der Waals surface area contributed by atoms with Gasteiger partial charge in [0, 0.05) is 18.8 Å². The Balaban J connectivity index is 2.14. The summed E-state index contributed by atoms with van der Waals surface area (Å²) in [6.45, 7) is 5.13. The molecular weight excluding hydrogens is 208 g/mol. The van der Waals surface area contributed by atoms with E-state index in [4.69, 9.17) is 0 Å². The maximum absolute atomic E-state index is 9.45. The van der Waals surface area contributed by atoms with Gasteiger partial charge in [-0.05, 0) is 26.2 Å². The topological polar surface area (TPSA) is 36.4 Å². The number of hydrogen-bond donors (Lipinski definition) is 1. The van der Waals surface area contributed by atoms with Crippen LogP contribution in [-0.4, -0.2) is 22.7 Å². The molecule has 2 unspecified atom stereocenters. The Morgan fingerprint density at radius 2 is 2.53 bits per heavy atom. The second-order valence-corrected chi connectivity index (χ2v) is 5.16. The first-order valence-corrected chi connectivity index (χ1v) is 6.44. The summed E-state index contributed by atoms with van der Waals surface area (Å²) in [5.74, 6) is 0. The molecule has 3 nitrogen and oxygen atoms in total. The van der Waals surface area contributed by atoms with E-state index < -0.39 is 0 Å². The van der Waals surface area contributed by atoms with E-state index in [0.29, 0.717) is 6.04 Å². The Hall–Kier alpha value is -0.610. The minimum Gasteiger partial charge on any atom is -0.388 e. The molecule has 0 spiro atoms. The number of rotatable bonds is 3. The van der Waals surface area contributed by atoms with Crippen LogP contribution in [0.15, 0.2) is 6.20 Å². The first-order chi connectivity index (χ1) is 7.22. The Morgan fingerprint density at radius 1 is 1.73 bits per heavy atom. The van der Waals surface area contributed by atoms with Crippen molar-refractivity contribution in [2.24, 2.45) is 0 Å². The van der Waals surface area contributed by atoms with Crippen molar-refractivity contribution in [1.82, 2.24) is 4.98 Å². The zero-order valence-corrected chi connectivity index (χ0v) is 10.1. The summed E-state index contributed by atoms with van der Waals surface area (Å²) in [6, 6.07) is 0.651. The van der Waals surface area contributed by atoms with Crippen molar-refractivity contribution in [2.75, 3.05) is 11.4 Å². The molecule has 0 amide bonds. The van der Waals surface area contributed by atoms with Crippen LogP contribution in [0.4, 0.5) is 5.13 Å². The number of hydrogen-bond acceptors (Lipinski definition) is 4. The van der Waals surface area contributed by atoms with Gasteiger partial charge < -0.3 is 10.0 Å². The third kappa shape index (κ3) is 2.16. The van der Waals surface area contributed by atoms with Crippen molar-refractivity contribution in [3.8, 4) is 0 Å². The van der Waals surface area contributed by atoms with Crippen molar-refractivity contribution >= 4 is 16.5 Å². The van der Waals surface area contributed by atoms with Gasteiger partial charge in [-0.1, -0.05) is 18.3 Å². The van der Waals surface area contributed by atoms with E-state index in [1.165, 1.54) is 19.3 Å². The highest BCUT2D eigenvalue weighted by atomic mass is 32.1. The molecule has 1 aliphatic rings. The smallest absolute Gasteiger partial charge is 0.185 e. The molecule has 4 heteroatoms. The van der Waals surface area contributed by atoms with Crippen LogP contribution in [0.25, 0.3) is 0 Å². The van der Waals surface area contributed by atoms with Crippen LogP contribution in [0.1, 0.15) is 44.1 Å². The molecule has 1 aliphatic heterocycles. The van der Waals surface area contributed by atoms with Crippen LogP contribution in [0, 0.1) is 0 Å². The SMILES string of the molecule is CCC1CCCN1c1ncc(C(C)O)s1. The van der Waals surface area contributed by atoms with Crippen LogP contribution in [0.5, 0.6) is 0 Å². The monoisotopic (exact) mass is 226 g/mol. The Kier molecular flexibility index (Phi) is 3.26. The van der Waals surface area contributed by atoms with E-state index in [-0.39, 0.29) is 6.10 Å². The minimum absolute atomic E-state index is 0.390. The molecule has 1 fully saturated rings. The van der Waals surface area contributed by atoms with E-state index >= 15 is 0 Å². The number of aromatic nitrogens is 1. The summed E-state index contributed by atoms with van der Waals surface area (Å²) < 4.78 is 0. The number of nitrogens with zero attached hydrogens (tertiary/aromatic N) is 2. The largest absolute Gasteiger partial charge is 0.388 e. The molecule has 1 aromatic heterocycles. The molecule has 0 radical (unpaired) electrons. The molecule has 2 rings (SSSR count). The predicted octanol–water partition coefficient (Wildman–Crippen LogP) is 2.58. The average molecular weight is 226 g/mol. The van der Waals surface area contributed by atoms with Gasteiger partial charge in [-0.25, -0.2) is 4.98 Å². The molecule has 1 N–H and O–H groups in total. The third-order valence-electron chi connectivity index (χ3n) is 3.02. The van der Waals surface area contributed by atoms with Gasteiger partial charge in [0.15, 0.2) is 5.13 Å². The summed E-state index contributed by atoms with van der Waals surface area (Å²) in [7, 11) is 0. The second-order valence-electron chi connectivity index (χ2n) is 4.12. The molecule has 2 heterocycles. The molecular formula is C11H18N2OS. The van der Waals surface area contributed by atoms with E-state index in [2.05, 4.69) is 16.8 Å². The summed E-state index contributed by atoms with van der Waals surface area (Å²) in [5.41, 5.74) is 0. The van der Waals surface area contributed by atoms with E-state index in [1.807, 2.05) is 0 Å². The van der Waals surface area contributed by atoms with Crippen molar-refractivity contribution in [1.29, 1.82) is 0 Å². The van der Waals surface area contributed by atoms with Crippen molar-refractivity contribution in [2.45, 2.75) is 45.3 Å². The van der Waals surface area contributed by atoms with Gasteiger partial charge in [-0.15, -0.1) is 0 Å². The van der Waals surface area contributed by atoms with Gasteiger partial charge in [0.05, 0.1) is 11.0 Å². The standard InChI is InChI=1S/C11H18N2OS/c1-3-9-5-4-6-13(9)11-12-7-10(15-11)8(2)14/h7-9,14H,3-6H2,1-2H3. The van der Waals surface area contributed by atoms with Crippen LogP contribution in [0.3, 0.4) is 0 Å². The molecule has 0 aliphatic carbocycles. The van der Waals surface area contributed by atoms with Crippen molar-refractivity contribution < 1.29 is 5.11 Å². The quantitative estimate of drug-likeness (QED) is 0.860. The molecule has 15 heavy (non-hydrogen) atoms. The summed E-state index contributed by atoms with van der Waals surface area (Å²) in [5, 5.41) is 10.5. The fourth-order valence-corrected chi connectivity index (χ4v) is 3.06. The highest BCUT2D eigenvalue weighted by Crippen LogP contribution is 2.32. The van der Waals surface area contributed by atoms with Gasteiger partial charge in [0.1, 0.15) is 0 Å². The highest BCUT2D eigenvalue weighted by Gasteiger charge is 2.25. The molecule has 1 aromatic rings. The van der Waals surface area contributed by atoms with Gasteiger partial charge in [0.25, 0.3) is 0 Å². The molecule has 1 saturated heterocycles. The fourth-order valence-electron chi connectivity index (χ4n) is 2.11. The van der Waals surface area contributed by atoms with Crippen LogP contribution in [0.2, 0.25) is 0 Å². The molecule has 0 saturated carbocycles.